The number of benzene rings is 2. The third-order valence-electron chi connectivity index (χ3n) is 5.24. The lowest BCUT2D eigenvalue weighted by Crippen LogP contribution is -2.27. The summed E-state index contributed by atoms with van der Waals surface area (Å²) in [6.07, 6.45) is 1.76. The van der Waals surface area contributed by atoms with Gasteiger partial charge in [-0.2, -0.15) is 0 Å². The van der Waals surface area contributed by atoms with Crippen LogP contribution in [0.1, 0.15) is 28.1 Å². The van der Waals surface area contributed by atoms with Crippen molar-refractivity contribution in [3.63, 3.8) is 0 Å². The molecule has 0 atom stereocenters. The highest BCUT2D eigenvalue weighted by Gasteiger charge is 2.35. The van der Waals surface area contributed by atoms with Gasteiger partial charge in [0.05, 0.1) is 11.4 Å². The molecule has 0 radical (unpaired) electrons. The largest absolute Gasteiger partial charge is 0.344 e. The lowest BCUT2D eigenvalue weighted by molar-refractivity contribution is -0.123. The number of imide groups is 1. The summed E-state index contributed by atoms with van der Waals surface area (Å²) in [5.41, 5.74) is 4.52. The van der Waals surface area contributed by atoms with Crippen LogP contribution in [-0.2, 0) is 17.9 Å². The van der Waals surface area contributed by atoms with Crippen molar-refractivity contribution in [2.75, 3.05) is 0 Å². The Bertz CT molecular complexity index is 1150. The number of rotatable bonds is 5. The van der Waals surface area contributed by atoms with Crippen LogP contribution in [0.4, 0.5) is 9.18 Å². The number of carbonyl (C=O) groups is 2. The van der Waals surface area contributed by atoms with Crippen molar-refractivity contribution in [1.29, 1.82) is 0 Å². The Morgan fingerprint density at radius 2 is 1.67 bits per heavy atom. The summed E-state index contributed by atoms with van der Waals surface area (Å²) >= 11 is 0.896. The zero-order valence-corrected chi connectivity index (χ0v) is 17.6. The van der Waals surface area contributed by atoms with Gasteiger partial charge >= 0.3 is 0 Å². The fraction of sp³-hybridized carbons (Fsp3) is 0.167. The van der Waals surface area contributed by atoms with Crippen molar-refractivity contribution in [1.82, 2.24) is 9.47 Å². The van der Waals surface area contributed by atoms with Crippen LogP contribution in [0.25, 0.3) is 6.08 Å². The van der Waals surface area contributed by atoms with Crippen LogP contribution in [0, 0.1) is 19.7 Å². The lowest BCUT2D eigenvalue weighted by atomic mass is 10.2. The van der Waals surface area contributed by atoms with Crippen LogP contribution in [0.2, 0.25) is 0 Å². The Morgan fingerprint density at radius 1 is 0.967 bits per heavy atom. The third kappa shape index (κ3) is 3.96. The number of carbonyl (C=O) groups excluding carboxylic acids is 2. The molecule has 1 fully saturated rings. The standard InChI is InChI=1S/C24H21FN2O2S/c1-16-12-20(17(2)26(16)14-18-8-4-3-5-9-18)13-22-23(28)27(24(29)30-22)15-19-10-6-7-11-21(19)25/h3-13H,14-15H2,1-2H3/b22-13-. The second-order valence-electron chi connectivity index (χ2n) is 7.26. The van der Waals surface area contributed by atoms with Crippen LogP contribution in [0.15, 0.2) is 65.6 Å². The Kier molecular flexibility index (Phi) is 5.59. The van der Waals surface area contributed by atoms with Crippen LogP contribution < -0.4 is 0 Å². The van der Waals surface area contributed by atoms with Crippen LogP contribution in [0.3, 0.4) is 0 Å². The topological polar surface area (TPSA) is 42.3 Å². The average molecular weight is 421 g/mol. The van der Waals surface area contributed by atoms with E-state index < -0.39 is 5.82 Å². The normalized spacial score (nSPS) is 15.4. The van der Waals surface area contributed by atoms with Crippen LogP contribution in [-0.4, -0.2) is 20.6 Å². The highest BCUT2D eigenvalue weighted by atomic mass is 32.2. The zero-order chi connectivity index (χ0) is 21.3. The molecule has 1 aromatic heterocycles. The molecule has 2 amide bonds. The Balaban J connectivity index is 1.58. The third-order valence-corrected chi connectivity index (χ3v) is 6.15. The Hall–Kier alpha value is -3.12. The summed E-state index contributed by atoms with van der Waals surface area (Å²) in [7, 11) is 0. The molecule has 0 saturated carbocycles. The number of nitrogens with zero attached hydrogens (tertiary/aromatic N) is 2. The first-order valence-electron chi connectivity index (χ1n) is 9.63. The summed E-state index contributed by atoms with van der Waals surface area (Å²) in [5.74, 6) is -0.814. The van der Waals surface area contributed by atoms with E-state index in [2.05, 4.69) is 16.7 Å². The number of aryl methyl sites for hydroxylation is 1. The first kappa shape index (κ1) is 20.2. The van der Waals surface area contributed by atoms with Crippen molar-refractivity contribution < 1.29 is 14.0 Å². The minimum atomic E-state index is -0.426. The van der Waals surface area contributed by atoms with Gasteiger partial charge in [-0.25, -0.2) is 4.39 Å². The minimum Gasteiger partial charge on any atom is -0.344 e. The molecule has 0 aliphatic carbocycles. The molecule has 0 unspecified atom stereocenters. The van der Waals surface area contributed by atoms with Gasteiger partial charge in [-0.15, -0.1) is 0 Å². The van der Waals surface area contributed by atoms with E-state index in [9.17, 15) is 14.0 Å². The molecular formula is C24H21FN2O2S. The van der Waals surface area contributed by atoms with Gasteiger partial charge in [0.15, 0.2) is 0 Å². The predicted octanol–water partition coefficient (Wildman–Crippen LogP) is 5.53. The van der Waals surface area contributed by atoms with Crippen molar-refractivity contribution in [2.24, 2.45) is 0 Å². The average Bonchev–Trinajstić information content (AvgIpc) is 3.15. The van der Waals surface area contributed by atoms with Gasteiger partial charge in [-0.05, 0) is 54.9 Å². The number of amides is 2. The predicted molar refractivity (Wildman–Crippen MR) is 117 cm³/mol. The van der Waals surface area contributed by atoms with Gasteiger partial charge in [0.25, 0.3) is 11.1 Å². The smallest absolute Gasteiger partial charge is 0.293 e. The molecule has 0 N–H and O–H groups in total. The summed E-state index contributed by atoms with van der Waals surface area (Å²) in [5, 5.41) is -0.382. The first-order chi connectivity index (χ1) is 14.4. The minimum absolute atomic E-state index is 0.0677. The van der Waals surface area contributed by atoms with E-state index in [-0.39, 0.29) is 17.7 Å². The highest BCUT2D eigenvalue weighted by molar-refractivity contribution is 8.18. The second-order valence-corrected chi connectivity index (χ2v) is 8.25. The van der Waals surface area contributed by atoms with Gasteiger partial charge < -0.3 is 4.57 Å². The maximum Gasteiger partial charge on any atom is 0.293 e. The molecule has 4 rings (SSSR count). The van der Waals surface area contributed by atoms with Crippen LogP contribution in [0.5, 0.6) is 0 Å². The van der Waals surface area contributed by atoms with Crippen molar-refractivity contribution in [3.8, 4) is 0 Å². The molecule has 1 aliphatic rings. The number of hydrogen-bond acceptors (Lipinski definition) is 3. The van der Waals surface area contributed by atoms with E-state index in [1.807, 2.05) is 38.1 Å². The van der Waals surface area contributed by atoms with Gasteiger partial charge in [0.1, 0.15) is 5.82 Å². The van der Waals surface area contributed by atoms with E-state index in [1.54, 1.807) is 24.3 Å². The summed E-state index contributed by atoms with van der Waals surface area (Å²) in [4.78, 5) is 26.7. The Morgan fingerprint density at radius 3 is 2.40 bits per heavy atom. The maximum absolute atomic E-state index is 13.9. The van der Waals surface area contributed by atoms with Crippen molar-refractivity contribution in [2.45, 2.75) is 26.9 Å². The monoisotopic (exact) mass is 420 g/mol. The number of thioether (sulfide) groups is 1. The SMILES string of the molecule is Cc1cc(/C=C2\SC(=O)N(Cc3ccccc3F)C2=O)c(C)n1Cc1ccccc1. The molecule has 3 aromatic rings. The first-order valence-corrected chi connectivity index (χ1v) is 10.4. The molecule has 152 valence electrons. The maximum atomic E-state index is 13.9. The number of hydrogen-bond donors (Lipinski definition) is 0. The molecule has 0 bridgehead atoms. The summed E-state index contributed by atoms with van der Waals surface area (Å²) in [6.45, 7) is 4.70. The summed E-state index contributed by atoms with van der Waals surface area (Å²) < 4.78 is 16.1. The van der Waals surface area contributed by atoms with E-state index >= 15 is 0 Å². The quantitative estimate of drug-likeness (QED) is 0.510. The van der Waals surface area contributed by atoms with Crippen LogP contribution >= 0.6 is 11.8 Å². The molecule has 6 heteroatoms. The van der Waals surface area contributed by atoms with Gasteiger partial charge in [0.2, 0.25) is 0 Å². The van der Waals surface area contributed by atoms with E-state index in [0.717, 1.165) is 40.2 Å². The molecule has 2 heterocycles. The van der Waals surface area contributed by atoms with Crippen molar-refractivity contribution in [3.05, 3.63) is 99.5 Å². The fourth-order valence-corrected chi connectivity index (χ4v) is 4.39. The van der Waals surface area contributed by atoms with Gasteiger partial charge in [0, 0.05) is 23.5 Å². The molecule has 0 spiro atoms. The number of halogens is 1. The molecule has 1 aliphatic heterocycles. The van der Waals surface area contributed by atoms with E-state index in [0.29, 0.717) is 10.5 Å². The lowest BCUT2D eigenvalue weighted by Gasteiger charge is -2.12. The zero-order valence-electron chi connectivity index (χ0n) is 16.8. The van der Waals surface area contributed by atoms with E-state index in [4.69, 9.17) is 0 Å². The van der Waals surface area contributed by atoms with E-state index in [1.165, 1.54) is 11.6 Å². The number of aromatic nitrogens is 1. The van der Waals surface area contributed by atoms with Gasteiger partial charge in [-0.3, -0.25) is 14.5 Å². The second kappa shape index (κ2) is 8.32. The molecule has 2 aromatic carbocycles. The molecule has 1 saturated heterocycles. The summed E-state index contributed by atoms with van der Waals surface area (Å²) in [6, 6.07) is 18.4. The molecular weight excluding hydrogens is 399 g/mol. The van der Waals surface area contributed by atoms with Crippen molar-refractivity contribution >= 4 is 29.0 Å². The molecule has 4 nitrogen and oxygen atoms in total. The fourth-order valence-electron chi connectivity index (χ4n) is 3.56. The Labute approximate surface area is 179 Å². The van der Waals surface area contributed by atoms with Gasteiger partial charge in [-0.1, -0.05) is 48.5 Å². The molecule has 30 heavy (non-hydrogen) atoms. The highest BCUT2D eigenvalue weighted by Crippen LogP contribution is 2.34.